The minimum Gasteiger partial charge on any atom is -0.252 e. The fraction of sp³-hybridized carbons (Fsp3) is 0.308. The lowest BCUT2D eigenvalue weighted by atomic mass is 9.91. The molecule has 1 aromatic carbocycles. The van der Waals surface area contributed by atoms with Crippen LogP contribution in [0.3, 0.4) is 0 Å². The Morgan fingerprint density at radius 2 is 1.80 bits per heavy atom. The number of aromatic nitrogens is 1. The van der Waals surface area contributed by atoms with Crippen LogP contribution >= 0.6 is 0 Å². The van der Waals surface area contributed by atoms with Gasteiger partial charge in [0.15, 0.2) is 0 Å². The first-order chi connectivity index (χ1) is 6.98. The Kier molecular flexibility index (Phi) is 2.22. The second kappa shape index (κ2) is 3.30. The van der Waals surface area contributed by atoms with Crippen molar-refractivity contribution < 1.29 is 4.39 Å². The number of benzene rings is 1. The zero-order valence-corrected chi connectivity index (χ0v) is 9.21. The van der Waals surface area contributed by atoms with Gasteiger partial charge in [-0.25, -0.2) is 4.39 Å². The van der Waals surface area contributed by atoms with E-state index in [9.17, 15) is 4.39 Å². The van der Waals surface area contributed by atoms with E-state index in [0.29, 0.717) is 5.39 Å². The Bertz CT molecular complexity index is 497. The summed E-state index contributed by atoms with van der Waals surface area (Å²) in [6.45, 7) is 6.09. The third kappa shape index (κ3) is 1.84. The van der Waals surface area contributed by atoms with Gasteiger partial charge >= 0.3 is 0 Å². The summed E-state index contributed by atoms with van der Waals surface area (Å²) >= 11 is 0. The molecule has 0 aliphatic carbocycles. The standard InChI is InChI=1S/C13H14FN/c1-13(2,3)12-8-10(14)9-6-4-5-7-11(9)15-12/h4-8H,1-3H3. The van der Waals surface area contributed by atoms with Crippen molar-refractivity contribution in [2.45, 2.75) is 26.2 Å². The number of fused-ring (bicyclic) bond motifs is 1. The molecule has 0 unspecified atom stereocenters. The van der Waals surface area contributed by atoms with Crippen molar-refractivity contribution in [3.8, 4) is 0 Å². The van der Waals surface area contributed by atoms with E-state index in [0.717, 1.165) is 11.2 Å². The highest BCUT2D eigenvalue weighted by Gasteiger charge is 2.17. The first-order valence-electron chi connectivity index (χ1n) is 5.04. The predicted molar refractivity (Wildman–Crippen MR) is 60.4 cm³/mol. The van der Waals surface area contributed by atoms with Crippen molar-refractivity contribution in [2.24, 2.45) is 0 Å². The highest BCUT2D eigenvalue weighted by atomic mass is 19.1. The molecule has 78 valence electrons. The maximum absolute atomic E-state index is 13.7. The quantitative estimate of drug-likeness (QED) is 0.636. The molecule has 1 aromatic heterocycles. The summed E-state index contributed by atoms with van der Waals surface area (Å²) in [4.78, 5) is 4.47. The van der Waals surface area contributed by atoms with Gasteiger partial charge in [0.2, 0.25) is 0 Å². The highest BCUT2D eigenvalue weighted by molar-refractivity contribution is 5.79. The van der Waals surface area contributed by atoms with Crippen LogP contribution in [-0.2, 0) is 5.41 Å². The van der Waals surface area contributed by atoms with Crippen LogP contribution in [0.4, 0.5) is 4.39 Å². The van der Waals surface area contributed by atoms with E-state index < -0.39 is 0 Å². The number of nitrogens with zero attached hydrogens (tertiary/aromatic N) is 1. The maximum Gasteiger partial charge on any atom is 0.134 e. The van der Waals surface area contributed by atoms with Gasteiger partial charge in [-0.2, -0.15) is 0 Å². The molecular formula is C13H14FN. The molecule has 0 N–H and O–H groups in total. The lowest BCUT2D eigenvalue weighted by Gasteiger charge is -2.18. The molecule has 1 nitrogen and oxygen atoms in total. The van der Waals surface area contributed by atoms with Crippen molar-refractivity contribution in [2.75, 3.05) is 0 Å². The molecule has 0 fully saturated rings. The lowest BCUT2D eigenvalue weighted by molar-refractivity contribution is 0.558. The minimum atomic E-state index is -0.189. The molecule has 0 saturated carbocycles. The average Bonchev–Trinajstić information content (AvgIpc) is 2.16. The number of rotatable bonds is 0. The van der Waals surface area contributed by atoms with Gasteiger partial charge in [0.1, 0.15) is 5.82 Å². The summed E-state index contributed by atoms with van der Waals surface area (Å²) in [6, 6.07) is 8.82. The Morgan fingerprint density at radius 3 is 2.47 bits per heavy atom. The number of hydrogen-bond donors (Lipinski definition) is 0. The number of hydrogen-bond acceptors (Lipinski definition) is 1. The third-order valence-corrected chi connectivity index (χ3v) is 2.43. The average molecular weight is 203 g/mol. The van der Waals surface area contributed by atoms with Gasteiger partial charge in [0.05, 0.1) is 5.52 Å². The van der Waals surface area contributed by atoms with Crippen LogP contribution in [0.5, 0.6) is 0 Å². The van der Waals surface area contributed by atoms with E-state index in [-0.39, 0.29) is 11.2 Å². The predicted octanol–water partition coefficient (Wildman–Crippen LogP) is 3.67. The number of halogens is 1. The van der Waals surface area contributed by atoms with E-state index in [1.54, 1.807) is 6.07 Å². The molecule has 2 heteroatoms. The van der Waals surface area contributed by atoms with Crippen molar-refractivity contribution in [3.05, 3.63) is 41.8 Å². The summed E-state index contributed by atoms with van der Waals surface area (Å²) < 4.78 is 13.7. The van der Waals surface area contributed by atoms with Gasteiger partial charge in [-0.15, -0.1) is 0 Å². The number of pyridine rings is 1. The molecule has 15 heavy (non-hydrogen) atoms. The van der Waals surface area contributed by atoms with E-state index >= 15 is 0 Å². The second-order valence-corrected chi connectivity index (χ2v) is 4.76. The summed E-state index contributed by atoms with van der Waals surface area (Å²) in [6.07, 6.45) is 0. The van der Waals surface area contributed by atoms with Crippen LogP contribution in [0, 0.1) is 5.82 Å². The van der Waals surface area contributed by atoms with Gasteiger partial charge in [-0.05, 0) is 18.2 Å². The Labute approximate surface area is 89.0 Å². The SMILES string of the molecule is CC(C)(C)c1cc(F)c2ccccc2n1. The zero-order valence-electron chi connectivity index (χ0n) is 9.21. The van der Waals surface area contributed by atoms with E-state index in [1.807, 2.05) is 39.0 Å². The largest absolute Gasteiger partial charge is 0.252 e. The minimum absolute atomic E-state index is 0.120. The third-order valence-electron chi connectivity index (χ3n) is 2.43. The Balaban J connectivity index is 2.73. The molecule has 0 bridgehead atoms. The van der Waals surface area contributed by atoms with Crippen LogP contribution < -0.4 is 0 Å². The zero-order chi connectivity index (χ0) is 11.1. The van der Waals surface area contributed by atoms with Gasteiger partial charge in [0, 0.05) is 16.5 Å². The molecule has 1 heterocycles. The first-order valence-corrected chi connectivity index (χ1v) is 5.04. The maximum atomic E-state index is 13.7. The molecule has 0 radical (unpaired) electrons. The molecule has 2 aromatic rings. The van der Waals surface area contributed by atoms with E-state index in [4.69, 9.17) is 0 Å². The molecule has 0 atom stereocenters. The normalized spacial score (nSPS) is 12.0. The summed E-state index contributed by atoms with van der Waals surface area (Å²) in [5.41, 5.74) is 1.39. The monoisotopic (exact) mass is 203 g/mol. The van der Waals surface area contributed by atoms with Crippen LogP contribution in [0.1, 0.15) is 26.5 Å². The van der Waals surface area contributed by atoms with Crippen molar-refractivity contribution >= 4 is 10.9 Å². The van der Waals surface area contributed by atoms with Gasteiger partial charge in [-0.3, -0.25) is 4.98 Å². The van der Waals surface area contributed by atoms with Crippen LogP contribution in [0.15, 0.2) is 30.3 Å². The fourth-order valence-corrected chi connectivity index (χ4v) is 1.52. The molecule has 0 amide bonds. The van der Waals surface area contributed by atoms with E-state index in [2.05, 4.69) is 4.98 Å². The molecule has 2 rings (SSSR count). The highest BCUT2D eigenvalue weighted by Crippen LogP contribution is 2.24. The second-order valence-electron chi connectivity index (χ2n) is 4.76. The molecular weight excluding hydrogens is 189 g/mol. The Hall–Kier alpha value is -1.44. The fourth-order valence-electron chi connectivity index (χ4n) is 1.52. The topological polar surface area (TPSA) is 12.9 Å². The van der Waals surface area contributed by atoms with Gasteiger partial charge in [-0.1, -0.05) is 32.9 Å². The molecule has 0 aliphatic rings. The lowest BCUT2D eigenvalue weighted by Crippen LogP contribution is -2.13. The summed E-state index contributed by atoms with van der Waals surface area (Å²) in [7, 11) is 0. The molecule has 0 spiro atoms. The number of para-hydroxylation sites is 1. The molecule has 0 aliphatic heterocycles. The Morgan fingerprint density at radius 1 is 1.13 bits per heavy atom. The van der Waals surface area contributed by atoms with Crippen molar-refractivity contribution in [1.82, 2.24) is 4.98 Å². The van der Waals surface area contributed by atoms with Crippen molar-refractivity contribution in [1.29, 1.82) is 0 Å². The van der Waals surface area contributed by atoms with Gasteiger partial charge < -0.3 is 0 Å². The molecule has 0 saturated heterocycles. The van der Waals surface area contributed by atoms with E-state index in [1.165, 1.54) is 6.07 Å². The smallest absolute Gasteiger partial charge is 0.134 e. The summed E-state index contributed by atoms with van der Waals surface area (Å²) in [5, 5.41) is 0.588. The first kappa shape index (κ1) is 10.1. The van der Waals surface area contributed by atoms with Crippen molar-refractivity contribution in [3.63, 3.8) is 0 Å². The van der Waals surface area contributed by atoms with Gasteiger partial charge in [0.25, 0.3) is 0 Å². The van der Waals surface area contributed by atoms with Crippen LogP contribution in [0.2, 0.25) is 0 Å². The van der Waals surface area contributed by atoms with Crippen LogP contribution in [-0.4, -0.2) is 4.98 Å². The summed E-state index contributed by atoms with van der Waals surface area (Å²) in [5.74, 6) is -0.189. The van der Waals surface area contributed by atoms with Crippen LogP contribution in [0.25, 0.3) is 10.9 Å².